The van der Waals surface area contributed by atoms with E-state index >= 15 is 4.39 Å². The summed E-state index contributed by atoms with van der Waals surface area (Å²) in [6.07, 6.45) is 1.86. The summed E-state index contributed by atoms with van der Waals surface area (Å²) < 4.78 is 37.4. The molecular formula is C23H24F2N4O3. The zero-order valence-electron chi connectivity index (χ0n) is 18.1. The van der Waals surface area contributed by atoms with E-state index < -0.39 is 17.5 Å². The number of hydrogen-bond donors (Lipinski definition) is 1. The van der Waals surface area contributed by atoms with Crippen LogP contribution in [0.3, 0.4) is 0 Å². The molecule has 9 heteroatoms. The zero-order valence-corrected chi connectivity index (χ0v) is 18.1. The monoisotopic (exact) mass is 442 g/mol. The molecule has 0 saturated carbocycles. The van der Waals surface area contributed by atoms with E-state index in [0.717, 1.165) is 17.7 Å². The SMILES string of the molecule is CNC(=O)c1cc(F)c(-c2nc3cc(C)ccn3c2C[C@H]2CN(C(C)=O)CCO2)cc1F. The first kappa shape index (κ1) is 21.9. The van der Waals surface area contributed by atoms with Crippen LogP contribution in [0.5, 0.6) is 0 Å². The Balaban J connectivity index is 1.81. The average molecular weight is 442 g/mol. The molecule has 1 aliphatic rings. The van der Waals surface area contributed by atoms with Crippen LogP contribution in [-0.4, -0.2) is 58.9 Å². The highest BCUT2D eigenvalue weighted by atomic mass is 19.1. The molecule has 7 nitrogen and oxygen atoms in total. The van der Waals surface area contributed by atoms with Gasteiger partial charge in [-0.15, -0.1) is 0 Å². The van der Waals surface area contributed by atoms with Crippen molar-refractivity contribution in [2.75, 3.05) is 26.7 Å². The van der Waals surface area contributed by atoms with Crippen LogP contribution in [0.1, 0.15) is 28.5 Å². The van der Waals surface area contributed by atoms with E-state index in [4.69, 9.17) is 4.74 Å². The predicted octanol–water partition coefficient (Wildman–Crippen LogP) is 2.74. The zero-order chi connectivity index (χ0) is 23.0. The minimum absolute atomic E-state index is 0.0364. The van der Waals surface area contributed by atoms with Crippen LogP contribution in [0, 0.1) is 18.6 Å². The standard InChI is InChI=1S/C23H24F2N4O3/c1-13-4-5-29-20(9-15-12-28(14(2)30)6-7-32-15)22(27-21(29)8-13)16-10-19(25)17(11-18(16)24)23(31)26-3/h4-5,8,10-11,15H,6-7,9,12H2,1-3H3,(H,26,31)/t15-/m0/s1. The number of benzene rings is 1. The largest absolute Gasteiger partial charge is 0.374 e. The number of rotatable bonds is 4. The number of nitrogens with one attached hydrogen (secondary N) is 1. The Hall–Kier alpha value is -3.33. The van der Waals surface area contributed by atoms with Crippen molar-refractivity contribution in [1.29, 1.82) is 0 Å². The first-order valence-corrected chi connectivity index (χ1v) is 10.3. The lowest BCUT2D eigenvalue weighted by Gasteiger charge is -2.32. The van der Waals surface area contributed by atoms with E-state index in [1.54, 1.807) is 4.90 Å². The Bertz CT molecular complexity index is 1210. The number of nitrogens with zero attached hydrogens (tertiary/aromatic N) is 3. The number of hydrogen-bond acceptors (Lipinski definition) is 4. The second-order valence-corrected chi connectivity index (χ2v) is 7.89. The number of amides is 2. The number of carbonyl (C=O) groups excluding carboxylic acids is 2. The molecule has 1 fully saturated rings. The third-order valence-corrected chi connectivity index (χ3v) is 5.67. The van der Waals surface area contributed by atoms with Gasteiger partial charge >= 0.3 is 0 Å². The van der Waals surface area contributed by atoms with Crippen molar-refractivity contribution >= 4 is 17.5 Å². The van der Waals surface area contributed by atoms with Crippen molar-refractivity contribution < 1.29 is 23.1 Å². The molecule has 1 N–H and O–H groups in total. The van der Waals surface area contributed by atoms with Crippen LogP contribution < -0.4 is 5.32 Å². The lowest BCUT2D eigenvalue weighted by Crippen LogP contribution is -2.45. The molecule has 1 atom stereocenters. The molecule has 0 bridgehead atoms. The van der Waals surface area contributed by atoms with Gasteiger partial charge in [0.1, 0.15) is 17.3 Å². The maximum Gasteiger partial charge on any atom is 0.254 e. The van der Waals surface area contributed by atoms with Crippen molar-refractivity contribution in [3.8, 4) is 11.3 Å². The molecule has 3 aromatic rings. The third kappa shape index (κ3) is 4.08. The summed E-state index contributed by atoms with van der Waals surface area (Å²) in [6.45, 7) is 4.75. The van der Waals surface area contributed by atoms with E-state index in [2.05, 4.69) is 10.3 Å². The number of aryl methyl sites for hydroxylation is 1. The molecule has 1 aliphatic heterocycles. The maximum atomic E-state index is 15.1. The van der Waals surface area contributed by atoms with Gasteiger partial charge in [-0.05, 0) is 36.8 Å². The van der Waals surface area contributed by atoms with Crippen LogP contribution in [0.2, 0.25) is 0 Å². The van der Waals surface area contributed by atoms with Gasteiger partial charge in [0.05, 0.1) is 29.7 Å². The van der Waals surface area contributed by atoms with Crippen molar-refractivity contribution in [1.82, 2.24) is 19.6 Å². The summed E-state index contributed by atoms with van der Waals surface area (Å²) in [5, 5.41) is 2.30. The quantitative estimate of drug-likeness (QED) is 0.674. The van der Waals surface area contributed by atoms with Crippen LogP contribution in [-0.2, 0) is 16.0 Å². The number of carbonyl (C=O) groups is 2. The topological polar surface area (TPSA) is 75.9 Å². The van der Waals surface area contributed by atoms with Gasteiger partial charge in [0.15, 0.2) is 0 Å². The summed E-state index contributed by atoms with van der Waals surface area (Å²) in [5.41, 5.74) is 2.07. The number of pyridine rings is 1. The Kier molecular flexibility index (Phi) is 5.92. The maximum absolute atomic E-state index is 15.1. The van der Waals surface area contributed by atoms with E-state index in [1.807, 2.05) is 29.7 Å². The van der Waals surface area contributed by atoms with Crippen LogP contribution in [0.25, 0.3) is 16.9 Å². The highest BCUT2D eigenvalue weighted by Crippen LogP contribution is 2.31. The number of ether oxygens (including phenoxy) is 1. The summed E-state index contributed by atoms with van der Waals surface area (Å²) >= 11 is 0. The van der Waals surface area contributed by atoms with Gasteiger partial charge < -0.3 is 19.4 Å². The fourth-order valence-electron chi connectivity index (χ4n) is 3.99. The van der Waals surface area contributed by atoms with Gasteiger partial charge in [-0.2, -0.15) is 0 Å². The molecule has 32 heavy (non-hydrogen) atoms. The van der Waals surface area contributed by atoms with E-state index in [0.29, 0.717) is 37.5 Å². The summed E-state index contributed by atoms with van der Waals surface area (Å²) in [7, 11) is 1.35. The summed E-state index contributed by atoms with van der Waals surface area (Å²) in [5.74, 6) is -2.33. The average Bonchev–Trinajstić information content (AvgIpc) is 3.11. The molecular weight excluding hydrogens is 418 g/mol. The molecule has 1 aromatic carbocycles. The number of fused-ring (bicyclic) bond motifs is 1. The van der Waals surface area contributed by atoms with Gasteiger partial charge in [0.25, 0.3) is 5.91 Å². The molecule has 2 aromatic heterocycles. The Morgan fingerprint density at radius 2 is 2.03 bits per heavy atom. The molecule has 1 saturated heterocycles. The molecule has 4 rings (SSSR count). The number of halogens is 2. The Labute approximate surface area is 184 Å². The van der Waals surface area contributed by atoms with Crippen molar-refractivity contribution in [3.63, 3.8) is 0 Å². The smallest absolute Gasteiger partial charge is 0.254 e. The fraction of sp³-hybridized carbons (Fsp3) is 0.348. The minimum Gasteiger partial charge on any atom is -0.374 e. The van der Waals surface area contributed by atoms with Crippen molar-refractivity contribution in [2.45, 2.75) is 26.4 Å². The predicted molar refractivity (Wildman–Crippen MR) is 114 cm³/mol. The van der Waals surface area contributed by atoms with Gasteiger partial charge in [0, 0.05) is 45.2 Å². The lowest BCUT2D eigenvalue weighted by molar-refractivity contribution is -0.136. The number of morpholine rings is 1. The minimum atomic E-state index is -0.836. The van der Waals surface area contributed by atoms with Crippen LogP contribution >= 0.6 is 0 Å². The fourth-order valence-corrected chi connectivity index (χ4v) is 3.99. The van der Waals surface area contributed by atoms with E-state index in [1.165, 1.54) is 14.0 Å². The van der Waals surface area contributed by atoms with Gasteiger partial charge in [-0.1, -0.05) is 0 Å². The Morgan fingerprint density at radius 3 is 2.75 bits per heavy atom. The van der Waals surface area contributed by atoms with E-state index in [9.17, 15) is 14.0 Å². The van der Waals surface area contributed by atoms with Crippen molar-refractivity contribution in [3.05, 3.63) is 58.9 Å². The van der Waals surface area contributed by atoms with Gasteiger partial charge in [0.2, 0.25) is 5.91 Å². The third-order valence-electron chi connectivity index (χ3n) is 5.67. The van der Waals surface area contributed by atoms with Gasteiger partial charge in [-0.25, -0.2) is 13.8 Å². The molecule has 0 radical (unpaired) electrons. The normalized spacial score (nSPS) is 16.4. The highest BCUT2D eigenvalue weighted by Gasteiger charge is 2.27. The molecule has 0 aliphatic carbocycles. The highest BCUT2D eigenvalue weighted by molar-refractivity contribution is 5.94. The molecule has 3 heterocycles. The first-order valence-electron chi connectivity index (χ1n) is 10.3. The van der Waals surface area contributed by atoms with Crippen LogP contribution in [0.4, 0.5) is 8.78 Å². The summed E-state index contributed by atoms with van der Waals surface area (Å²) in [6, 6.07) is 5.64. The molecule has 2 amide bonds. The van der Waals surface area contributed by atoms with Gasteiger partial charge in [-0.3, -0.25) is 9.59 Å². The lowest BCUT2D eigenvalue weighted by atomic mass is 10.0. The molecule has 168 valence electrons. The first-order chi connectivity index (χ1) is 15.3. The molecule has 0 spiro atoms. The number of aromatic nitrogens is 2. The number of imidazole rings is 1. The summed E-state index contributed by atoms with van der Waals surface area (Å²) in [4.78, 5) is 29.9. The Morgan fingerprint density at radius 1 is 1.25 bits per heavy atom. The second kappa shape index (κ2) is 8.66. The van der Waals surface area contributed by atoms with Crippen molar-refractivity contribution in [2.24, 2.45) is 0 Å². The van der Waals surface area contributed by atoms with E-state index in [-0.39, 0.29) is 28.8 Å². The van der Waals surface area contributed by atoms with Crippen LogP contribution in [0.15, 0.2) is 30.5 Å². The second-order valence-electron chi connectivity index (χ2n) is 7.89. The molecule has 0 unspecified atom stereocenters.